The van der Waals surface area contributed by atoms with Crippen molar-refractivity contribution in [1.82, 2.24) is 4.72 Å². The van der Waals surface area contributed by atoms with E-state index in [-0.39, 0.29) is 17.7 Å². The van der Waals surface area contributed by atoms with Crippen LogP contribution in [0, 0.1) is 5.82 Å². The lowest BCUT2D eigenvalue weighted by Gasteiger charge is -2.18. The SMILES string of the molecule is CCC(O)COc1ccc2cc(O)c(N3CC(=O)NS3(=O)=O)c(F)c2c1. The van der Waals surface area contributed by atoms with E-state index in [2.05, 4.69) is 0 Å². The normalized spacial score (nSPS) is 17.3. The van der Waals surface area contributed by atoms with Crippen molar-refractivity contribution in [3.63, 3.8) is 0 Å². The topological polar surface area (TPSA) is 116 Å². The number of ether oxygens (including phenoxy) is 1. The number of nitrogens with zero attached hydrogens (tertiary/aromatic N) is 1. The number of phenols is 1. The van der Waals surface area contributed by atoms with Crippen LogP contribution in [0.15, 0.2) is 24.3 Å². The van der Waals surface area contributed by atoms with E-state index in [0.717, 1.165) is 0 Å². The van der Waals surface area contributed by atoms with Crippen LogP contribution >= 0.6 is 0 Å². The molecule has 1 aliphatic rings. The summed E-state index contributed by atoms with van der Waals surface area (Å²) in [6.45, 7) is 1.18. The van der Waals surface area contributed by atoms with Gasteiger partial charge in [-0.2, -0.15) is 8.42 Å². The van der Waals surface area contributed by atoms with Crippen molar-refractivity contribution in [1.29, 1.82) is 0 Å². The molecule has 2 aromatic rings. The average Bonchev–Trinajstić information content (AvgIpc) is 2.85. The van der Waals surface area contributed by atoms with Crippen LogP contribution in [0.2, 0.25) is 0 Å². The number of carbonyl (C=O) groups is 1. The number of rotatable bonds is 5. The third kappa shape index (κ3) is 3.25. The molecule has 0 aromatic heterocycles. The number of aromatic hydroxyl groups is 1. The maximum absolute atomic E-state index is 15.0. The number of amides is 1. The van der Waals surface area contributed by atoms with Gasteiger partial charge in [0.2, 0.25) is 0 Å². The second kappa shape index (κ2) is 6.61. The summed E-state index contributed by atoms with van der Waals surface area (Å²) in [4.78, 5) is 11.4. The Morgan fingerprint density at radius 1 is 1.38 bits per heavy atom. The summed E-state index contributed by atoms with van der Waals surface area (Å²) < 4.78 is 46.5. The smallest absolute Gasteiger partial charge is 0.326 e. The molecule has 3 rings (SSSR count). The van der Waals surface area contributed by atoms with Crippen molar-refractivity contribution < 1.29 is 32.6 Å². The molecule has 1 atom stereocenters. The zero-order chi connectivity index (χ0) is 19.1. The molecule has 0 radical (unpaired) electrons. The van der Waals surface area contributed by atoms with Gasteiger partial charge < -0.3 is 14.9 Å². The van der Waals surface area contributed by atoms with Gasteiger partial charge in [0.05, 0.1) is 6.10 Å². The average molecular weight is 384 g/mol. The van der Waals surface area contributed by atoms with Gasteiger partial charge in [0, 0.05) is 5.39 Å². The summed E-state index contributed by atoms with van der Waals surface area (Å²) in [5, 5.41) is 20.0. The van der Waals surface area contributed by atoms with Crippen molar-refractivity contribution in [2.24, 2.45) is 0 Å². The Bertz CT molecular complexity index is 978. The molecule has 0 aliphatic carbocycles. The number of phenolic OH excluding ortho intramolecular Hbond substituents is 1. The predicted molar refractivity (Wildman–Crippen MR) is 91.8 cm³/mol. The van der Waals surface area contributed by atoms with Crippen LogP contribution in [0.5, 0.6) is 11.5 Å². The molecular weight excluding hydrogens is 367 g/mol. The minimum atomic E-state index is -4.27. The zero-order valence-electron chi connectivity index (χ0n) is 13.8. The van der Waals surface area contributed by atoms with Crippen molar-refractivity contribution in [2.45, 2.75) is 19.4 Å². The van der Waals surface area contributed by atoms with Gasteiger partial charge in [0.15, 0.2) is 5.82 Å². The molecule has 1 amide bonds. The molecule has 2 aromatic carbocycles. The van der Waals surface area contributed by atoms with E-state index in [1.54, 1.807) is 17.7 Å². The lowest BCUT2D eigenvalue weighted by atomic mass is 10.1. The Balaban J connectivity index is 2.06. The molecule has 10 heteroatoms. The first-order chi connectivity index (χ1) is 12.2. The van der Waals surface area contributed by atoms with Crippen LogP contribution in [0.1, 0.15) is 13.3 Å². The molecule has 0 saturated carbocycles. The molecule has 0 spiro atoms. The summed E-state index contributed by atoms with van der Waals surface area (Å²) in [5.74, 6) is -2.15. The lowest BCUT2D eigenvalue weighted by Crippen LogP contribution is -2.30. The summed E-state index contributed by atoms with van der Waals surface area (Å²) in [5.41, 5.74) is -0.610. The number of anilines is 1. The molecule has 0 bridgehead atoms. The Morgan fingerprint density at radius 2 is 2.12 bits per heavy atom. The van der Waals surface area contributed by atoms with E-state index in [1.807, 2.05) is 0 Å². The van der Waals surface area contributed by atoms with E-state index in [0.29, 0.717) is 16.1 Å². The minimum absolute atomic E-state index is 0.0100. The maximum atomic E-state index is 15.0. The lowest BCUT2D eigenvalue weighted by molar-refractivity contribution is -0.117. The number of nitrogens with one attached hydrogen (secondary N) is 1. The Kier molecular flexibility index (Phi) is 4.63. The summed E-state index contributed by atoms with van der Waals surface area (Å²) in [6, 6.07) is 5.59. The molecule has 8 nitrogen and oxygen atoms in total. The Morgan fingerprint density at radius 3 is 2.73 bits per heavy atom. The molecular formula is C16H17FN2O6S. The van der Waals surface area contributed by atoms with Gasteiger partial charge in [-0.05, 0) is 30.0 Å². The summed E-state index contributed by atoms with van der Waals surface area (Å²) in [6.07, 6.45) is -0.175. The Labute approximate surface area is 149 Å². The second-order valence-corrected chi connectivity index (χ2v) is 7.45. The third-order valence-electron chi connectivity index (χ3n) is 3.99. The van der Waals surface area contributed by atoms with Gasteiger partial charge in [0.1, 0.15) is 30.3 Å². The van der Waals surface area contributed by atoms with Crippen LogP contribution in [0.3, 0.4) is 0 Å². The van der Waals surface area contributed by atoms with Gasteiger partial charge in [-0.3, -0.25) is 4.79 Å². The highest BCUT2D eigenvalue weighted by Gasteiger charge is 2.37. The first-order valence-electron chi connectivity index (χ1n) is 7.82. The molecule has 1 unspecified atom stereocenters. The number of hydrogen-bond donors (Lipinski definition) is 3. The van der Waals surface area contributed by atoms with E-state index < -0.39 is 46.0 Å². The monoisotopic (exact) mass is 384 g/mol. The van der Waals surface area contributed by atoms with E-state index >= 15 is 0 Å². The number of benzene rings is 2. The molecule has 3 N–H and O–H groups in total. The number of hydrogen-bond acceptors (Lipinski definition) is 6. The highest BCUT2D eigenvalue weighted by Crippen LogP contribution is 2.39. The van der Waals surface area contributed by atoms with E-state index in [4.69, 9.17) is 4.74 Å². The van der Waals surface area contributed by atoms with E-state index in [1.165, 1.54) is 18.2 Å². The van der Waals surface area contributed by atoms with Gasteiger partial charge in [0.25, 0.3) is 5.91 Å². The molecule has 1 heterocycles. The number of fused-ring (bicyclic) bond motifs is 1. The van der Waals surface area contributed by atoms with Crippen LogP contribution in [-0.2, 0) is 15.0 Å². The fourth-order valence-corrected chi connectivity index (χ4v) is 3.75. The fourth-order valence-electron chi connectivity index (χ4n) is 2.59. The quantitative estimate of drug-likeness (QED) is 0.709. The van der Waals surface area contributed by atoms with Gasteiger partial charge in [-0.15, -0.1) is 0 Å². The molecule has 140 valence electrons. The van der Waals surface area contributed by atoms with Crippen molar-refractivity contribution >= 4 is 32.6 Å². The van der Waals surface area contributed by atoms with Crippen LogP contribution < -0.4 is 13.8 Å². The highest BCUT2D eigenvalue weighted by atomic mass is 32.2. The summed E-state index contributed by atoms with van der Waals surface area (Å²) >= 11 is 0. The molecule has 26 heavy (non-hydrogen) atoms. The first-order valence-corrected chi connectivity index (χ1v) is 9.26. The predicted octanol–water partition coefficient (Wildman–Crippen LogP) is 1.02. The van der Waals surface area contributed by atoms with Crippen LogP contribution in [0.25, 0.3) is 10.8 Å². The number of aliphatic hydroxyl groups excluding tert-OH is 1. The number of aliphatic hydroxyl groups is 1. The molecule has 1 aliphatic heterocycles. The van der Waals surface area contributed by atoms with Gasteiger partial charge >= 0.3 is 10.2 Å². The van der Waals surface area contributed by atoms with Crippen LogP contribution in [-0.4, -0.2) is 43.8 Å². The largest absolute Gasteiger partial charge is 0.506 e. The first kappa shape index (κ1) is 18.2. The maximum Gasteiger partial charge on any atom is 0.326 e. The number of carbonyl (C=O) groups excluding carboxylic acids is 1. The molecule has 1 saturated heterocycles. The van der Waals surface area contributed by atoms with Crippen molar-refractivity contribution in [2.75, 3.05) is 17.5 Å². The highest BCUT2D eigenvalue weighted by molar-refractivity contribution is 7.92. The minimum Gasteiger partial charge on any atom is -0.506 e. The van der Waals surface area contributed by atoms with Gasteiger partial charge in [-0.25, -0.2) is 13.4 Å². The second-order valence-electron chi connectivity index (χ2n) is 5.85. The van der Waals surface area contributed by atoms with Gasteiger partial charge in [-0.1, -0.05) is 13.0 Å². The summed E-state index contributed by atoms with van der Waals surface area (Å²) in [7, 11) is -4.27. The van der Waals surface area contributed by atoms with E-state index in [9.17, 15) is 27.8 Å². The fraction of sp³-hybridized carbons (Fsp3) is 0.312. The molecule has 1 fully saturated rings. The zero-order valence-corrected chi connectivity index (χ0v) is 14.6. The number of halogens is 1. The van der Waals surface area contributed by atoms with Crippen molar-refractivity contribution in [3.8, 4) is 11.5 Å². The third-order valence-corrected chi connectivity index (χ3v) is 5.36. The van der Waals surface area contributed by atoms with Crippen LogP contribution in [0.4, 0.5) is 10.1 Å². The van der Waals surface area contributed by atoms with Crippen molar-refractivity contribution in [3.05, 3.63) is 30.1 Å². The Hall–Kier alpha value is -2.59. The standard InChI is InChI=1S/C16H17FN2O6S/c1-2-10(20)8-25-11-4-3-9-5-13(21)16(15(17)12(9)6-11)19-7-14(22)18-26(19,23)24/h3-6,10,20-21H,2,7-8H2,1H3,(H,18,22).